The van der Waals surface area contributed by atoms with Crippen molar-refractivity contribution in [1.82, 2.24) is 14.8 Å². The van der Waals surface area contributed by atoms with E-state index in [0.717, 1.165) is 5.69 Å². The van der Waals surface area contributed by atoms with E-state index < -0.39 is 11.1 Å². The molecule has 0 radical (unpaired) electrons. The topological polar surface area (TPSA) is 73.0 Å². The molecular weight excluding hydrogens is 391 g/mol. The van der Waals surface area contributed by atoms with Gasteiger partial charge in [0.1, 0.15) is 5.82 Å². The monoisotopic (exact) mass is 408 g/mol. The molecule has 29 heavy (non-hydrogen) atoms. The Labute approximate surface area is 170 Å². The Morgan fingerprint density at radius 2 is 1.83 bits per heavy atom. The molecule has 8 heteroatoms. The molecule has 0 bridgehead atoms. The highest BCUT2D eigenvalue weighted by Gasteiger charge is 2.23. The third-order valence-corrected chi connectivity index (χ3v) is 5.22. The summed E-state index contributed by atoms with van der Waals surface area (Å²) >= 11 is 1.23. The van der Waals surface area contributed by atoms with Crippen molar-refractivity contribution < 1.29 is 13.6 Å². The molecule has 1 atom stereocenters. The van der Waals surface area contributed by atoms with E-state index in [1.165, 1.54) is 23.9 Å². The van der Waals surface area contributed by atoms with Gasteiger partial charge in [0.15, 0.2) is 10.9 Å². The Morgan fingerprint density at radius 1 is 1.07 bits per heavy atom. The van der Waals surface area contributed by atoms with Crippen molar-refractivity contribution in [2.45, 2.75) is 17.3 Å². The van der Waals surface area contributed by atoms with Gasteiger partial charge in [-0.3, -0.25) is 9.36 Å². The van der Waals surface area contributed by atoms with Crippen LogP contribution in [0.2, 0.25) is 0 Å². The highest BCUT2D eigenvalue weighted by molar-refractivity contribution is 8.00. The third-order valence-electron chi connectivity index (χ3n) is 4.17. The number of hydrogen-bond donors (Lipinski definition) is 1. The average Bonchev–Trinajstić information content (AvgIpc) is 3.40. The molecule has 146 valence electrons. The lowest BCUT2D eigenvalue weighted by Crippen LogP contribution is -2.23. The van der Waals surface area contributed by atoms with Gasteiger partial charge in [0, 0.05) is 5.69 Å². The maximum absolute atomic E-state index is 13.8. The summed E-state index contributed by atoms with van der Waals surface area (Å²) < 4.78 is 21.1. The minimum atomic E-state index is -0.536. The first-order valence-electron chi connectivity index (χ1n) is 8.90. The van der Waals surface area contributed by atoms with Crippen LogP contribution < -0.4 is 5.32 Å². The summed E-state index contributed by atoms with van der Waals surface area (Å²) in [4.78, 5) is 12.6. The third kappa shape index (κ3) is 4.07. The molecule has 4 rings (SSSR count). The number of halogens is 1. The van der Waals surface area contributed by atoms with E-state index in [1.807, 2.05) is 34.9 Å². The van der Waals surface area contributed by atoms with Gasteiger partial charge < -0.3 is 9.73 Å². The number of amides is 1. The number of benzene rings is 2. The number of para-hydroxylation sites is 2. The number of aromatic nitrogens is 3. The molecule has 0 aliphatic carbocycles. The van der Waals surface area contributed by atoms with Crippen LogP contribution in [0.1, 0.15) is 6.92 Å². The maximum atomic E-state index is 13.8. The van der Waals surface area contributed by atoms with Gasteiger partial charge in [-0.25, -0.2) is 4.39 Å². The van der Waals surface area contributed by atoms with Crippen molar-refractivity contribution >= 4 is 23.4 Å². The van der Waals surface area contributed by atoms with Crippen LogP contribution in [0.5, 0.6) is 0 Å². The molecule has 1 N–H and O–H groups in total. The first kappa shape index (κ1) is 18.9. The number of thioether (sulfide) groups is 1. The molecule has 0 fully saturated rings. The average molecular weight is 408 g/mol. The SMILES string of the molecule is C[C@H](Sc1nnc(-c2ccco2)n1-c1ccccc1)C(=O)Nc1ccccc1F. The molecule has 0 aliphatic heterocycles. The van der Waals surface area contributed by atoms with Crippen LogP contribution in [0.15, 0.2) is 82.6 Å². The molecule has 0 aliphatic rings. The van der Waals surface area contributed by atoms with E-state index >= 15 is 0 Å². The predicted octanol–water partition coefficient (Wildman–Crippen LogP) is 4.79. The van der Waals surface area contributed by atoms with Crippen molar-refractivity contribution in [3.8, 4) is 17.3 Å². The number of carbonyl (C=O) groups excluding carboxylic acids is 1. The molecule has 0 spiro atoms. The molecule has 2 aromatic carbocycles. The van der Waals surface area contributed by atoms with Gasteiger partial charge in [-0.2, -0.15) is 0 Å². The lowest BCUT2D eigenvalue weighted by atomic mass is 10.3. The maximum Gasteiger partial charge on any atom is 0.237 e. The first-order chi connectivity index (χ1) is 14.1. The van der Waals surface area contributed by atoms with E-state index in [9.17, 15) is 9.18 Å². The van der Waals surface area contributed by atoms with Crippen molar-refractivity contribution in [3.05, 3.63) is 78.8 Å². The smallest absolute Gasteiger partial charge is 0.237 e. The summed E-state index contributed by atoms with van der Waals surface area (Å²) in [6, 6.07) is 19.2. The van der Waals surface area contributed by atoms with Crippen molar-refractivity contribution in [2.24, 2.45) is 0 Å². The summed E-state index contributed by atoms with van der Waals surface area (Å²) in [5.74, 6) is 0.287. The number of rotatable bonds is 6. The Balaban J connectivity index is 1.62. The summed E-state index contributed by atoms with van der Waals surface area (Å²) in [6.45, 7) is 1.73. The van der Waals surface area contributed by atoms with Crippen LogP contribution in [0, 0.1) is 5.82 Å². The van der Waals surface area contributed by atoms with Crippen LogP contribution in [-0.2, 0) is 4.79 Å². The summed E-state index contributed by atoms with van der Waals surface area (Å²) in [7, 11) is 0. The molecule has 6 nitrogen and oxygen atoms in total. The largest absolute Gasteiger partial charge is 0.461 e. The fourth-order valence-electron chi connectivity index (χ4n) is 2.73. The Hall–Kier alpha value is -3.39. The normalized spacial score (nSPS) is 11.9. The minimum absolute atomic E-state index is 0.144. The number of nitrogens with one attached hydrogen (secondary N) is 1. The second-order valence-electron chi connectivity index (χ2n) is 6.18. The zero-order valence-electron chi connectivity index (χ0n) is 15.4. The van der Waals surface area contributed by atoms with Gasteiger partial charge in [0.2, 0.25) is 11.7 Å². The fourth-order valence-corrected chi connectivity index (χ4v) is 3.60. The molecular formula is C21H17FN4O2S. The molecule has 2 heterocycles. The van der Waals surface area contributed by atoms with Gasteiger partial charge in [0.25, 0.3) is 0 Å². The van der Waals surface area contributed by atoms with Crippen molar-refractivity contribution in [1.29, 1.82) is 0 Å². The molecule has 2 aromatic heterocycles. The Bertz CT molecular complexity index is 1110. The molecule has 0 unspecified atom stereocenters. The zero-order valence-corrected chi connectivity index (χ0v) is 16.3. The molecule has 4 aromatic rings. The van der Waals surface area contributed by atoms with Gasteiger partial charge >= 0.3 is 0 Å². The van der Waals surface area contributed by atoms with Gasteiger partial charge in [-0.15, -0.1) is 10.2 Å². The van der Waals surface area contributed by atoms with Crippen molar-refractivity contribution in [2.75, 3.05) is 5.32 Å². The highest BCUT2D eigenvalue weighted by atomic mass is 32.2. The fraction of sp³-hybridized carbons (Fsp3) is 0.0952. The van der Waals surface area contributed by atoms with Crippen LogP contribution >= 0.6 is 11.8 Å². The van der Waals surface area contributed by atoms with Crippen LogP contribution in [0.25, 0.3) is 17.3 Å². The number of furan rings is 1. The zero-order chi connectivity index (χ0) is 20.2. The number of anilines is 1. The quantitative estimate of drug-likeness (QED) is 0.465. The van der Waals surface area contributed by atoms with Crippen LogP contribution in [0.3, 0.4) is 0 Å². The second-order valence-corrected chi connectivity index (χ2v) is 7.49. The minimum Gasteiger partial charge on any atom is -0.461 e. The van der Waals surface area contributed by atoms with Gasteiger partial charge in [-0.1, -0.05) is 42.1 Å². The molecule has 1 amide bonds. The second kappa shape index (κ2) is 8.32. The predicted molar refractivity (Wildman–Crippen MR) is 109 cm³/mol. The Kier molecular flexibility index (Phi) is 5.44. The van der Waals surface area contributed by atoms with Gasteiger partial charge in [-0.05, 0) is 43.3 Å². The highest BCUT2D eigenvalue weighted by Crippen LogP contribution is 2.30. The molecule has 0 saturated carbocycles. The van der Waals surface area contributed by atoms with Gasteiger partial charge in [0.05, 0.1) is 17.2 Å². The number of carbonyl (C=O) groups is 1. The summed E-state index contributed by atoms with van der Waals surface area (Å²) in [5.41, 5.74) is 0.985. The van der Waals surface area contributed by atoms with E-state index in [1.54, 1.807) is 37.5 Å². The van der Waals surface area contributed by atoms with E-state index in [2.05, 4.69) is 15.5 Å². The first-order valence-corrected chi connectivity index (χ1v) is 9.78. The van der Waals surface area contributed by atoms with Crippen LogP contribution in [-0.4, -0.2) is 25.9 Å². The summed E-state index contributed by atoms with van der Waals surface area (Å²) in [6.07, 6.45) is 1.57. The lowest BCUT2D eigenvalue weighted by Gasteiger charge is -2.13. The Morgan fingerprint density at radius 3 is 2.55 bits per heavy atom. The van der Waals surface area contributed by atoms with E-state index in [4.69, 9.17) is 4.42 Å². The number of nitrogens with zero attached hydrogens (tertiary/aromatic N) is 3. The van der Waals surface area contributed by atoms with E-state index in [0.29, 0.717) is 16.7 Å². The summed E-state index contributed by atoms with van der Waals surface area (Å²) in [5, 5.41) is 11.1. The van der Waals surface area contributed by atoms with E-state index in [-0.39, 0.29) is 11.6 Å². The van der Waals surface area contributed by atoms with Crippen molar-refractivity contribution in [3.63, 3.8) is 0 Å². The van der Waals surface area contributed by atoms with Crippen LogP contribution in [0.4, 0.5) is 10.1 Å². The number of hydrogen-bond acceptors (Lipinski definition) is 5. The molecule has 0 saturated heterocycles. The lowest BCUT2D eigenvalue weighted by molar-refractivity contribution is -0.115. The standard InChI is InChI=1S/C21H17FN4O2S/c1-14(20(27)23-17-11-6-5-10-16(17)22)29-21-25-24-19(18-12-7-13-28-18)26(21)15-8-3-2-4-9-15/h2-14H,1H3,(H,23,27)/t14-/m0/s1.